The molecule has 0 spiro atoms. The summed E-state index contributed by atoms with van der Waals surface area (Å²) in [5.41, 5.74) is 1.29. The second-order valence-corrected chi connectivity index (χ2v) is 2.98. The van der Waals surface area contributed by atoms with Crippen molar-refractivity contribution in [1.82, 2.24) is 5.32 Å². The molecule has 0 aliphatic rings. The Kier molecular flexibility index (Phi) is 7.96. The number of methoxy groups -OCH3 is 1. The Balaban J connectivity index is 3.57. The van der Waals surface area contributed by atoms with E-state index in [4.69, 9.17) is 33.0 Å². The average Bonchev–Trinajstić information content (AvgIpc) is 2.11. The smallest absolute Gasteiger partial charge is 0.0638 e. The number of halogens is 2. The first-order valence-corrected chi connectivity index (χ1v) is 4.34. The van der Waals surface area contributed by atoms with E-state index in [1.165, 1.54) is 5.54 Å². The van der Waals surface area contributed by atoms with Crippen LogP contribution in [0.1, 0.15) is 0 Å². The van der Waals surface area contributed by atoms with Crippen LogP contribution in [0.3, 0.4) is 0 Å². The van der Waals surface area contributed by atoms with Crippen LogP contribution in [-0.4, -0.2) is 38.0 Å². The van der Waals surface area contributed by atoms with Gasteiger partial charge in [0, 0.05) is 24.2 Å². The predicted molar refractivity (Wildman–Crippen MR) is 50.5 cm³/mol. The van der Waals surface area contributed by atoms with Crippen LogP contribution in [0.4, 0.5) is 0 Å². The number of rotatable bonds is 6. The minimum absolute atomic E-state index is 0.0142. The number of ether oxygens (including phenoxy) is 1. The van der Waals surface area contributed by atoms with Crippen molar-refractivity contribution in [1.29, 1.82) is 0 Å². The van der Waals surface area contributed by atoms with E-state index in [-0.39, 0.29) is 12.6 Å². The average molecular weight is 214 g/mol. The summed E-state index contributed by atoms with van der Waals surface area (Å²) in [6, 6.07) is -0.0969. The van der Waals surface area contributed by atoms with Gasteiger partial charge in [-0.15, -0.1) is 0 Å². The van der Waals surface area contributed by atoms with Crippen LogP contribution in [0.15, 0.2) is 10.6 Å². The molecular formula is C7H13Cl2NO2. The standard InChI is InChI=1S/C7H13Cl2NO2/c1-12-5-7(4-11)10-3-6(9)2-8/h2,7,10-11H,3-5H2,1H3. The van der Waals surface area contributed by atoms with Gasteiger partial charge < -0.3 is 15.2 Å². The van der Waals surface area contributed by atoms with Crippen molar-refractivity contribution in [2.24, 2.45) is 0 Å². The van der Waals surface area contributed by atoms with Gasteiger partial charge in [0.05, 0.1) is 19.3 Å². The first kappa shape index (κ1) is 12.2. The molecule has 0 aromatic rings. The SMILES string of the molecule is COCC(CO)NCC(Cl)=CCl. The lowest BCUT2D eigenvalue weighted by molar-refractivity contribution is 0.130. The fourth-order valence-electron chi connectivity index (χ4n) is 0.658. The van der Waals surface area contributed by atoms with Crippen LogP contribution in [-0.2, 0) is 4.74 Å². The zero-order valence-electron chi connectivity index (χ0n) is 6.89. The quantitative estimate of drug-likeness (QED) is 0.690. The third-order valence-corrected chi connectivity index (χ3v) is 1.88. The third kappa shape index (κ3) is 5.80. The Morgan fingerprint density at radius 1 is 1.75 bits per heavy atom. The molecule has 1 unspecified atom stereocenters. The Hall–Kier alpha value is 0.200. The molecule has 0 saturated carbocycles. The van der Waals surface area contributed by atoms with Crippen LogP contribution in [0, 0.1) is 0 Å². The second kappa shape index (κ2) is 7.83. The topological polar surface area (TPSA) is 41.5 Å². The number of aliphatic hydroxyl groups is 1. The summed E-state index contributed by atoms with van der Waals surface area (Å²) in [6.07, 6.45) is 0. The Labute approximate surface area is 82.3 Å². The van der Waals surface area contributed by atoms with Crippen LogP contribution in [0.2, 0.25) is 0 Å². The van der Waals surface area contributed by atoms with Crippen molar-refractivity contribution in [3.05, 3.63) is 10.6 Å². The summed E-state index contributed by atoms with van der Waals surface area (Å²) >= 11 is 10.9. The molecule has 0 aliphatic carbocycles. The molecule has 0 aromatic carbocycles. The summed E-state index contributed by atoms with van der Waals surface area (Å²) < 4.78 is 4.84. The zero-order chi connectivity index (χ0) is 9.40. The summed E-state index contributed by atoms with van der Waals surface area (Å²) in [5.74, 6) is 0. The van der Waals surface area contributed by atoms with E-state index < -0.39 is 0 Å². The molecule has 0 aliphatic heterocycles. The second-order valence-electron chi connectivity index (χ2n) is 2.27. The highest BCUT2D eigenvalue weighted by atomic mass is 35.5. The Morgan fingerprint density at radius 3 is 2.83 bits per heavy atom. The third-order valence-electron chi connectivity index (χ3n) is 1.27. The van der Waals surface area contributed by atoms with Gasteiger partial charge in [-0.2, -0.15) is 0 Å². The molecule has 0 saturated heterocycles. The number of hydrogen-bond donors (Lipinski definition) is 2. The van der Waals surface area contributed by atoms with Crippen LogP contribution in [0.25, 0.3) is 0 Å². The molecule has 3 nitrogen and oxygen atoms in total. The van der Waals surface area contributed by atoms with E-state index in [1.54, 1.807) is 7.11 Å². The summed E-state index contributed by atoms with van der Waals surface area (Å²) in [7, 11) is 1.57. The largest absolute Gasteiger partial charge is 0.395 e. The molecule has 2 N–H and O–H groups in total. The molecule has 0 fully saturated rings. The number of nitrogens with one attached hydrogen (secondary N) is 1. The highest BCUT2D eigenvalue weighted by molar-refractivity contribution is 6.36. The van der Waals surface area contributed by atoms with Crippen molar-refractivity contribution in [3.8, 4) is 0 Å². The first-order valence-electron chi connectivity index (χ1n) is 3.52. The molecule has 72 valence electrons. The predicted octanol–water partition coefficient (Wildman–Crippen LogP) is 0.902. The van der Waals surface area contributed by atoms with Gasteiger partial charge in [0.25, 0.3) is 0 Å². The van der Waals surface area contributed by atoms with Crippen molar-refractivity contribution < 1.29 is 9.84 Å². The summed E-state index contributed by atoms with van der Waals surface area (Å²) in [6.45, 7) is 0.906. The van der Waals surface area contributed by atoms with Gasteiger partial charge in [-0.1, -0.05) is 23.2 Å². The molecule has 0 rings (SSSR count). The van der Waals surface area contributed by atoms with E-state index in [1.807, 2.05) is 0 Å². The fourth-order valence-corrected chi connectivity index (χ4v) is 0.812. The van der Waals surface area contributed by atoms with Gasteiger partial charge in [-0.05, 0) is 0 Å². The molecule has 0 bridgehead atoms. The van der Waals surface area contributed by atoms with E-state index in [0.717, 1.165) is 0 Å². The molecule has 0 amide bonds. The van der Waals surface area contributed by atoms with E-state index in [0.29, 0.717) is 18.2 Å². The maximum atomic E-state index is 8.80. The molecule has 1 atom stereocenters. The van der Waals surface area contributed by atoms with Gasteiger partial charge in [0.1, 0.15) is 0 Å². The van der Waals surface area contributed by atoms with E-state index in [9.17, 15) is 0 Å². The molecule has 12 heavy (non-hydrogen) atoms. The lowest BCUT2D eigenvalue weighted by Crippen LogP contribution is -2.37. The summed E-state index contributed by atoms with van der Waals surface area (Å²) in [4.78, 5) is 0. The Morgan fingerprint density at radius 2 is 2.42 bits per heavy atom. The molecule has 0 radical (unpaired) electrons. The van der Waals surface area contributed by atoms with Crippen molar-refractivity contribution in [2.45, 2.75) is 6.04 Å². The molecule has 0 aromatic heterocycles. The number of aliphatic hydroxyl groups excluding tert-OH is 1. The zero-order valence-corrected chi connectivity index (χ0v) is 8.40. The normalized spacial score (nSPS) is 14.8. The van der Waals surface area contributed by atoms with Gasteiger partial charge in [0.15, 0.2) is 0 Å². The summed E-state index contributed by atoms with van der Waals surface area (Å²) in [5, 5.41) is 12.3. The van der Waals surface area contributed by atoms with Crippen molar-refractivity contribution in [3.63, 3.8) is 0 Å². The highest BCUT2D eigenvalue weighted by Crippen LogP contribution is 2.00. The van der Waals surface area contributed by atoms with E-state index in [2.05, 4.69) is 5.32 Å². The molecule has 5 heteroatoms. The maximum Gasteiger partial charge on any atom is 0.0638 e. The minimum atomic E-state index is -0.0969. The highest BCUT2D eigenvalue weighted by Gasteiger charge is 2.05. The van der Waals surface area contributed by atoms with Crippen molar-refractivity contribution >= 4 is 23.2 Å². The fraction of sp³-hybridized carbons (Fsp3) is 0.714. The molecular weight excluding hydrogens is 201 g/mol. The van der Waals surface area contributed by atoms with Gasteiger partial charge in [-0.3, -0.25) is 0 Å². The van der Waals surface area contributed by atoms with E-state index >= 15 is 0 Å². The van der Waals surface area contributed by atoms with Crippen LogP contribution < -0.4 is 5.32 Å². The lowest BCUT2D eigenvalue weighted by Gasteiger charge is -2.14. The first-order chi connectivity index (χ1) is 5.74. The van der Waals surface area contributed by atoms with Crippen molar-refractivity contribution in [2.75, 3.05) is 26.9 Å². The maximum absolute atomic E-state index is 8.80. The van der Waals surface area contributed by atoms with Gasteiger partial charge in [-0.25, -0.2) is 0 Å². The van der Waals surface area contributed by atoms with Gasteiger partial charge >= 0.3 is 0 Å². The van der Waals surface area contributed by atoms with Gasteiger partial charge in [0.2, 0.25) is 0 Å². The Bertz CT molecular complexity index is 141. The number of hydrogen-bond acceptors (Lipinski definition) is 3. The minimum Gasteiger partial charge on any atom is -0.395 e. The van der Waals surface area contributed by atoms with Crippen LogP contribution >= 0.6 is 23.2 Å². The van der Waals surface area contributed by atoms with Crippen LogP contribution in [0.5, 0.6) is 0 Å². The molecule has 0 heterocycles. The monoisotopic (exact) mass is 213 g/mol. The lowest BCUT2D eigenvalue weighted by atomic mass is 10.3.